The van der Waals surface area contributed by atoms with Crippen LogP contribution in [0, 0.1) is 0 Å². The zero-order valence-corrected chi connectivity index (χ0v) is 13.9. The van der Waals surface area contributed by atoms with Gasteiger partial charge in [-0.2, -0.15) is 4.80 Å². The topological polar surface area (TPSA) is 65.7 Å². The van der Waals surface area contributed by atoms with Crippen molar-refractivity contribution < 1.29 is 4.74 Å². The van der Waals surface area contributed by atoms with Gasteiger partial charge in [0.1, 0.15) is 17.3 Å². The fraction of sp³-hybridized carbons (Fsp3) is 0.176. The Morgan fingerprint density at radius 3 is 2.71 bits per heavy atom. The summed E-state index contributed by atoms with van der Waals surface area (Å²) in [7, 11) is 0. The molecule has 0 spiro atoms. The first-order valence-corrected chi connectivity index (χ1v) is 8.49. The van der Waals surface area contributed by atoms with E-state index < -0.39 is 0 Å². The van der Waals surface area contributed by atoms with Gasteiger partial charge in [-0.3, -0.25) is 0 Å². The summed E-state index contributed by atoms with van der Waals surface area (Å²) in [4.78, 5) is 6.17. The molecule has 0 N–H and O–H groups in total. The van der Waals surface area contributed by atoms with Gasteiger partial charge < -0.3 is 4.74 Å². The lowest BCUT2D eigenvalue weighted by atomic mass is 10.2. The summed E-state index contributed by atoms with van der Waals surface area (Å²) in [5.41, 5.74) is 1.92. The van der Waals surface area contributed by atoms with Crippen molar-refractivity contribution >= 4 is 21.6 Å². The zero-order chi connectivity index (χ0) is 16.4. The van der Waals surface area contributed by atoms with E-state index in [0.717, 1.165) is 21.8 Å². The molecule has 4 aromatic rings. The molecule has 0 atom stereocenters. The maximum Gasteiger partial charge on any atom is 0.204 e. The molecule has 120 valence electrons. The standard InChI is InChI=1S/C17H15N5OS/c1-2-23-13-9-7-12(8-10-13)17-19-21-22(20-17)11-16-18-14-5-3-4-6-15(14)24-16/h3-10H,2,11H2,1H3. The van der Waals surface area contributed by atoms with E-state index in [0.29, 0.717) is 19.0 Å². The van der Waals surface area contributed by atoms with Crippen LogP contribution in [0.3, 0.4) is 0 Å². The molecule has 7 heteroatoms. The molecule has 0 aliphatic heterocycles. The average Bonchev–Trinajstić information content (AvgIpc) is 3.22. The molecule has 2 aromatic heterocycles. The maximum absolute atomic E-state index is 5.44. The van der Waals surface area contributed by atoms with Crippen LogP contribution in [-0.2, 0) is 6.54 Å². The van der Waals surface area contributed by atoms with Crippen molar-refractivity contribution in [2.24, 2.45) is 0 Å². The van der Waals surface area contributed by atoms with Crippen LogP contribution in [0.4, 0.5) is 0 Å². The van der Waals surface area contributed by atoms with Gasteiger partial charge in [-0.15, -0.1) is 21.5 Å². The number of benzene rings is 2. The van der Waals surface area contributed by atoms with Crippen LogP contribution in [0.5, 0.6) is 5.75 Å². The molecule has 0 radical (unpaired) electrons. The van der Waals surface area contributed by atoms with Crippen molar-refractivity contribution in [2.45, 2.75) is 13.5 Å². The summed E-state index contributed by atoms with van der Waals surface area (Å²) in [5, 5.41) is 13.7. The van der Waals surface area contributed by atoms with Crippen molar-refractivity contribution in [1.82, 2.24) is 25.2 Å². The van der Waals surface area contributed by atoms with E-state index in [4.69, 9.17) is 4.74 Å². The Kier molecular flexibility index (Phi) is 3.92. The highest BCUT2D eigenvalue weighted by Crippen LogP contribution is 2.22. The van der Waals surface area contributed by atoms with E-state index in [-0.39, 0.29) is 0 Å². The lowest BCUT2D eigenvalue weighted by Gasteiger charge is -2.02. The first-order valence-electron chi connectivity index (χ1n) is 7.67. The van der Waals surface area contributed by atoms with E-state index in [2.05, 4.69) is 26.5 Å². The molecule has 0 unspecified atom stereocenters. The van der Waals surface area contributed by atoms with Gasteiger partial charge in [0.2, 0.25) is 5.82 Å². The number of thiazole rings is 1. The Hall–Kier alpha value is -2.80. The van der Waals surface area contributed by atoms with Crippen LogP contribution in [0.2, 0.25) is 0 Å². The molecule has 0 saturated carbocycles. The largest absolute Gasteiger partial charge is 0.494 e. The number of fused-ring (bicyclic) bond motifs is 1. The highest BCUT2D eigenvalue weighted by molar-refractivity contribution is 7.18. The van der Waals surface area contributed by atoms with Gasteiger partial charge in [-0.25, -0.2) is 4.98 Å². The minimum atomic E-state index is 0.517. The summed E-state index contributed by atoms with van der Waals surface area (Å²) in [6.45, 7) is 3.13. The van der Waals surface area contributed by atoms with E-state index in [1.807, 2.05) is 49.4 Å². The van der Waals surface area contributed by atoms with Crippen LogP contribution in [0.15, 0.2) is 48.5 Å². The molecule has 0 bridgehead atoms. The highest BCUT2D eigenvalue weighted by Gasteiger charge is 2.09. The van der Waals surface area contributed by atoms with Gasteiger partial charge in [0.25, 0.3) is 0 Å². The van der Waals surface area contributed by atoms with Crippen LogP contribution >= 0.6 is 11.3 Å². The van der Waals surface area contributed by atoms with Crippen molar-refractivity contribution in [3.63, 3.8) is 0 Å². The second kappa shape index (κ2) is 6.37. The maximum atomic E-state index is 5.44. The van der Waals surface area contributed by atoms with Gasteiger partial charge in [0.05, 0.1) is 16.8 Å². The summed E-state index contributed by atoms with van der Waals surface area (Å²) in [6, 6.07) is 15.8. The molecule has 0 fully saturated rings. The molecule has 6 nitrogen and oxygen atoms in total. The van der Waals surface area contributed by atoms with Crippen LogP contribution in [0.25, 0.3) is 21.6 Å². The van der Waals surface area contributed by atoms with Crippen molar-refractivity contribution in [1.29, 1.82) is 0 Å². The molecule has 0 aliphatic carbocycles. The summed E-state index contributed by atoms with van der Waals surface area (Å²) in [5.74, 6) is 1.43. The molecule has 4 rings (SSSR count). The van der Waals surface area contributed by atoms with Gasteiger partial charge in [-0.05, 0) is 48.5 Å². The minimum absolute atomic E-state index is 0.517. The summed E-state index contributed by atoms with van der Waals surface area (Å²) >= 11 is 1.65. The summed E-state index contributed by atoms with van der Waals surface area (Å²) < 4.78 is 6.61. The Labute approximate surface area is 142 Å². The second-order valence-corrected chi connectivity index (χ2v) is 6.29. The number of tetrazole rings is 1. The number of hydrogen-bond donors (Lipinski definition) is 0. The predicted molar refractivity (Wildman–Crippen MR) is 93.1 cm³/mol. The normalized spacial score (nSPS) is 11.0. The monoisotopic (exact) mass is 337 g/mol. The number of rotatable bonds is 5. The quantitative estimate of drug-likeness (QED) is 0.558. The SMILES string of the molecule is CCOc1ccc(-c2nnn(Cc3nc4ccccc4s3)n2)cc1. The number of aromatic nitrogens is 5. The lowest BCUT2D eigenvalue weighted by molar-refractivity contribution is 0.340. The second-order valence-electron chi connectivity index (χ2n) is 5.18. The fourth-order valence-electron chi connectivity index (χ4n) is 2.40. The van der Waals surface area contributed by atoms with Gasteiger partial charge in [-0.1, -0.05) is 12.1 Å². The number of ether oxygens (including phenoxy) is 1. The van der Waals surface area contributed by atoms with E-state index >= 15 is 0 Å². The van der Waals surface area contributed by atoms with Gasteiger partial charge in [0, 0.05) is 5.56 Å². The molecule has 2 heterocycles. The van der Waals surface area contributed by atoms with Crippen molar-refractivity contribution in [3.05, 3.63) is 53.5 Å². The molecular weight excluding hydrogens is 322 g/mol. The third kappa shape index (κ3) is 2.98. The number of para-hydroxylation sites is 1. The third-order valence-corrected chi connectivity index (χ3v) is 4.51. The van der Waals surface area contributed by atoms with Gasteiger partial charge >= 0.3 is 0 Å². The van der Waals surface area contributed by atoms with Crippen LogP contribution < -0.4 is 4.74 Å². The number of hydrogen-bond acceptors (Lipinski definition) is 6. The predicted octanol–water partition coefficient (Wildman–Crippen LogP) is 3.40. The molecular formula is C17H15N5OS. The first kappa shape index (κ1) is 14.8. The Balaban J connectivity index is 1.53. The Morgan fingerprint density at radius 2 is 1.92 bits per heavy atom. The van der Waals surface area contributed by atoms with Crippen LogP contribution in [0.1, 0.15) is 11.9 Å². The summed E-state index contributed by atoms with van der Waals surface area (Å²) in [6.07, 6.45) is 0. The van der Waals surface area contributed by atoms with Crippen molar-refractivity contribution in [2.75, 3.05) is 6.61 Å². The van der Waals surface area contributed by atoms with Crippen LogP contribution in [-0.4, -0.2) is 31.8 Å². The fourth-order valence-corrected chi connectivity index (χ4v) is 3.34. The molecule has 0 aliphatic rings. The van der Waals surface area contributed by atoms with E-state index in [9.17, 15) is 0 Å². The molecule has 24 heavy (non-hydrogen) atoms. The Morgan fingerprint density at radius 1 is 1.08 bits per heavy atom. The minimum Gasteiger partial charge on any atom is -0.494 e. The lowest BCUT2D eigenvalue weighted by Crippen LogP contribution is -2.03. The third-order valence-electron chi connectivity index (χ3n) is 3.49. The van der Waals surface area contributed by atoms with Crippen molar-refractivity contribution in [3.8, 4) is 17.1 Å². The van der Waals surface area contributed by atoms with Gasteiger partial charge in [0.15, 0.2) is 0 Å². The zero-order valence-electron chi connectivity index (χ0n) is 13.1. The number of nitrogens with zero attached hydrogens (tertiary/aromatic N) is 5. The molecule has 2 aromatic carbocycles. The highest BCUT2D eigenvalue weighted by atomic mass is 32.1. The first-order chi connectivity index (χ1) is 11.8. The molecule has 0 saturated heterocycles. The Bertz CT molecular complexity index is 927. The smallest absolute Gasteiger partial charge is 0.204 e. The molecule has 0 amide bonds. The van der Waals surface area contributed by atoms with E-state index in [1.54, 1.807) is 16.1 Å². The average molecular weight is 337 g/mol. The van der Waals surface area contributed by atoms with E-state index in [1.165, 1.54) is 4.70 Å².